The van der Waals surface area contributed by atoms with Gasteiger partial charge in [0, 0.05) is 13.2 Å². The molecule has 7 heteroatoms. The Morgan fingerprint density at radius 2 is 2.29 bits per heavy atom. The lowest BCUT2D eigenvalue weighted by Gasteiger charge is -2.02. The van der Waals surface area contributed by atoms with E-state index in [1.54, 1.807) is 10.9 Å². The van der Waals surface area contributed by atoms with Crippen LogP contribution >= 0.6 is 11.8 Å². The zero-order chi connectivity index (χ0) is 12.4. The molecule has 0 amide bonds. The first kappa shape index (κ1) is 11.5. The highest BCUT2D eigenvalue weighted by molar-refractivity contribution is 7.99. The molecule has 0 bridgehead atoms. The van der Waals surface area contributed by atoms with E-state index in [-0.39, 0.29) is 11.3 Å². The molecular formula is C10H10N4O2S. The number of nitrogen functional groups attached to an aromatic ring is 1. The number of pyridine rings is 1. The SMILES string of the molecule is Cn1cc(Sc2cc(C(=O)O)c(N)cn2)cn1. The van der Waals surface area contributed by atoms with Crippen molar-refractivity contribution >= 4 is 23.4 Å². The van der Waals surface area contributed by atoms with E-state index in [0.717, 1.165) is 4.90 Å². The maximum absolute atomic E-state index is 10.9. The Labute approximate surface area is 101 Å². The van der Waals surface area contributed by atoms with Gasteiger partial charge in [0.25, 0.3) is 0 Å². The van der Waals surface area contributed by atoms with Gasteiger partial charge in [0.2, 0.25) is 0 Å². The van der Waals surface area contributed by atoms with Crippen LogP contribution in [0.5, 0.6) is 0 Å². The molecule has 0 aliphatic rings. The molecule has 2 aromatic rings. The molecular weight excluding hydrogens is 240 g/mol. The van der Waals surface area contributed by atoms with Crippen molar-refractivity contribution in [1.29, 1.82) is 0 Å². The Bertz CT molecular complexity index is 567. The number of aryl methyl sites for hydroxylation is 1. The number of nitrogens with two attached hydrogens (primary N) is 1. The third kappa shape index (κ3) is 2.56. The first-order valence-corrected chi connectivity index (χ1v) is 5.53. The fraction of sp³-hybridized carbons (Fsp3) is 0.100. The largest absolute Gasteiger partial charge is 0.478 e. The predicted octanol–water partition coefficient (Wildman–Crippen LogP) is 1.25. The van der Waals surface area contributed by atoms with Crippen LogP contribution in [-0.2, 0) is 7.05 Å². The van der Waals surface area contributed by atoms with E-state index >= 15 is 0 Å². The Hall–Kier alpha value is -2.02. The molecule has 0 saturated carbocycles. The van der Waals surface area contributed by atoms with Crippen molar-refractivity contribution in [2.75, 3.05) is 5.73 Å². The third-order valence-corrected chi connectivity index (χ3v) is 2.92. The Morgan fingerprint density at radius 3 is 2.88 bits per heavy atom. The number of hydrogen-bond acceptors (Lipinski definition) is 5. The van der Waals surface area contributed by atoms with E-state index in [4.69, 9.17) is 10.8 Å². The zero-order valence-corrected chi connectivity index (χ0v) is 9.81. The van der Waals surface area contributed by atoms with Crippen molar-refractivity contribution in [1.82, 2.24) is 14.8 Å². The van der Waals surface area contributed by atoms with Crippen molar-refractivity contribution in [2.45, 2.75) is 9.92 Å². The van der Waals surface area contributed by atoms with Crippen LogP contribution in [-0.4, -0.2) is 25.8 Å². The Kier molecular flexibility index (Phi) is 3.01. The number of hydrogen-bond donors (Lipinski definition) is 2. The van der Waals surface area contributed by atoms with Gasteiger partial charge in [-0.2, -0.15) is 5.10 Å². The summed E-state index contributed by atoms with van der Waals surface area (Å²) in [6, 6.07) is 1.45. The summed E-state index contributed by atoms with van der Waals surface area (Å²) >= 11 is 1.34. The summed E-state index contributed by atoms with van der Waals surface area (Å²) < 4.78 is 1.66. The van der Waals surface area contributed by atoms with Gasteiger partial charge in [0.1, 0.15) is 5.03 Å². The number of carboxylic acid groups (broad SMARTS) is 1. The number of aromatic nitrogens is 3. The maximum atomic E-state index is 10.9. The molecule has 0 saturated heterocycles. The molecule has 17 heavy (non-hydrogen) atoms. The van der Waals surface area contributed by atoms with E-state index in [9.17, 15) is 4.79 Å². The fourth-order valence-corrected chi connectivity index (χ4v) is 2.09. The third-order valence-electron chi connectivity index (χ3n) is 2.04. The van der Waals surface area contributed by atoms with Gasteiger partial charge in [-0.1, -0.05) is 11.8 Å². The lowest BCUT2D eigenvalue weighted by Crippen LogP contribution is -2.03. The molecule has 0 unspecified atom stereocenters. The van der Waals surface area contributed by atoms with Crippen LogP contribution < -0.4 is 5.73 Å². The maximum Gasteiger partial charge on any atom is 0.337 e. The minimum absolute atomic E-state index is 0.0615. The van der Waals surface area contributed by atoms with Crippen LogP contribution in [0.25, 0.3) is 0 Å². The van der Waals surface area contributed by atoms with Crippen LogP contribution in [0.15, 0.2) is 34.6 Å². The van der Waals surface area contributed by atoms with Crippen LogP contribution in [0, 0.1) is 0 Å². The minimum Gasteiger partial charge on any atom is -0.478 e. The van der Waals surface area contributed by atoms with Crippen molar-refractivity contribution in [3.8, 4) is 0 Å². The molecule has 6 nitrogen and oxygen atoms in total. The van der Waals surface area contributed by atoms with Gasteiger partial charge in [-0.05, 0) is 6.07 Å². The zero-order valence-electron chi connectivity index (χ0n) is 8.99. The molecule has 3 N–H and O–H groups in total. The molecule has 2 rings (SSSR count). The number of nitrogens with zero attached hydrogens (tertiary/aromatic N) is 3. The van der Waals surface area contributed by atoms with Gasteiger partial charge in [0.05, 0.1) is 28.5 Å². The number of carboxylic acids is 1. The number of aromatic carboxylic acids is 1. The number of carbonyl (C=O) groups is 1. The summed E-state index contributed by atoms with van der Waals surface area (Å²) in [5.74, 6) is -1.06. The van der Waals surface area contributed by atoms with Crippen LogP contribution in [0.2, 0.25) is 0 Å². The molecule has 0 aliphatic carbocycles. The van der Waals surface area contributed by atoms with Crippen molar-refractivity contribution < 1.29 is 9.90 Å². The summed E-state index contributed by atoms with van der Waals surface area (Å²) in [5, 5.41) is 13.5. The summed E-state index contributed by atoms with van der Waals surface area (Å²) in [6.07, 6.45) is 4.86. The monoisotopic (exact) mass is 250 g/mol. The second-order valence-electron chi connectivity index (χ2n) is 3.37. The van der Waals surface area contributed by atoms with Gasteiger partial charge in [-0.3, -0.25) is 4.68 Å². The Morgan fingerprint density at radius 1 is 1.53 bits per heavy atom. The van der Waals surface area contributed by atoms with E-state index < -0.39 is 5.97 Å². The average molecular weight is 250 g/mol. The summed E-state index contributed by atoms with van der Waals surface area (Å²) in [4.78, 5) is 15.9. The first-order valence-electron chi connectivity index (χ1n) is 4.71. The molecule has 88 valence electrons. The molecule has 0 aromatic carbocycles. The smallest absolute Gasteiger partial charge is 0.337 e. The van der Waals surface area contributed by atoms with Crippen molar-refractivity contribution in [3.63, 3.8) is 0 Å². The first-order chi connectivity index (χ1) is 8.06. The van der Waals surface area contributed by atoms with Gasteiger partial charge in [0.15, 0.2) is 0 Å². The van der Waals surface area contributed by atoms with Crippen LogP contribution in [0.4, 0.5) is 5.69 Å². The summed E-state index contributed by atoms with van der Waals surface area (Å²) in [7, 11) is 1.81. The lowest BCUT2D eigenvalue weighted by molar-refractivity contribution is 0.0697. The molecule has 0 atom stereocenters. The summed E-state index contributed by atoms with van der Waals surface area (Å²) in [5.41, 5.74) is 5.74. The number of anilines is 1. The Balaban J connectivity index is 2.28. The fourth-order valence-electron chi connectivity index (χ4n) is 1.26. The van der Waals surface area contributed by atoms with Gasteiger partial charge in [-0.15, -0.1) is 0 Å². The predicted molar refractivity (Wildman–Crippen MR) is 62.9 cm³/mol. The second-order valence-corrected chi connectivity index (χ2v) is 4.46. The highest BCUT2D eigenvalue weighted by atomic mass is 32.2. The quantitative estimate of drug-likeness (QED) is 0.851. The van der Waals surface area contributed by atoms with E-state index in [2.05, 4.69) is 10.1 Å². The highest BCUT2D eigenvalue weighted by Gasteiger charge is 2.10. The van der Waals surface area contributed by atoms with Gasteiger partial charge < -0.3 is 10.8 Å². The van der Waals surface area contributed by atoms with E-state index in [1.165, 1.54) is 24.0 Å². The topological polar surface area (TPSA) is 94.0 Å². The highest BCUT2D eigenvalue weighted by Crippen LogP contribution is 2.27. The minimum atomic E-state index is -1.06. The summed E-state index contributed by atoms with van der Waals surface area (Å²) in [6.45, 7) is 0. The lowest BCUT2D eigenvalue weighted by atomic mass is 10.2. The average Bonchev–Trinajstić information content (AvgIpc) is 2.66. The van der Waals surface area contributed by atoms with Crippen LogP contribution in [0.3, 0.4) is 0 Å². The molecule has 2 heterocycles. The standard InChI is InChI=1S/C10H10N4O2S/c1-14-5-6(3-13-14)17-9-2-7(10(15)16)8(11)4-12-9/h2-5H,11H2,1H3,(H,15,16). The van der Waals surface area contributed by atoms with Gasteiger partial charge >= 0.3 is 5.97 Å². The normalized spacial score (nSPS) is 10.4. The van der Waals surface area contributed by atoms with Crippen molar-refractivity contribution in [3.05, 3.63) is 30.2 Å². The second kappa shape index (κ2) is 4.46. The van der Waals surface area contributed by atoms with Gasteiger partial charge in [-0.25, -0.2) is 9.78 Å². The van der Waals surface area contributed by atoms with Crippen molar-refractivity contribution in [2.24, 2.45) is 7.05 Å². The molecule has 0 spiro atoms. The number of rotatable bonds is 3. The van der Waals surface area contributed by atoms with E-state index in [0.29, 0.717) is 5.03 Å². The molecule has 0 aliphatic heterocycles. The molecule has 0 fully saturated rings. The molecule has 2 aromatic heterocycles. The van der Waals surface area contributed by atoms with E-state index in [1.807, 2.05) is 13.2 Å². The molecule has 0 radical (unpaired) electrons. The van der Waals surface area contributed by atoms with Crippen LogP contribution in [0.1, 0.15) is 10.4 Å².